The maximum atomic E-state index is 11.0. The van der Waals surface area contributed by atoms with E-state index in [9.17, 15) is 16.8 Å². The van der Waals surface area contributed by atoms with Crippen molar-refractivity contribution >= 4 is 31.4 Å². The summed E-state index contributed by atoms with van der Waals surface area (Å²) in [5, 5.41) is 9.68. The first-order chi connectivity index (χ1) is 7.03. The zero-order valence-electron chi connectivity index (χ0n) is 7.91. The fraction of sp³-hybridized carbons (Fsp3) is 0. The third kappa shape index (κ3) is 2.41. The summed E-state index contributed by atoms with van der Waals surface area (Å²) in [6.45, 7) is 0. The molecule has 1 aromatic rings. The number of sulfonamides is 2. The molecule has 1 rings (SSSR count). The average molecular weight is 266 g/mol. The first-order valence-electron chi connectivity index (χ1n) is 3.78. The molecule has 16 heavy (non-hydrogen) atoms. The Balaban J connectivity index is 3.65. The summed E-state index contributed by atoms with van der Waals surface area (Å²) in [7, 11) is -8.12. The second-order valence-corrected chi connectivity index (χ2v) is 6.08. The largest absolute Gasteiger partial charge is 0.398 e. The van der Waals surface area contributed by atoms with E-state index in [1.165, 1.54) is 0 Å². The molecule has 0 unspecified atom stereocenters. The van der Waals surface area contributed by atoms with E-state index in [0.717, 1.165) is 12.1 Å². The molecular weight excluding hydrogens is 256 g/mol. The van der Waals surface area contributed by atoms with Crippen LogP contribution in [0, 0.1) is 0 Å². The molecule has 0 aromatic heterocycles. The van der Waals surface area contributed by atoms with Gasteiger partial charge in [0.05, 0.1) is 11.4 Å². The number of rotatable bonds is 2. The Labute approximate surface area is 92.3 Å². The van der Waals surface area contributed by atoms with Crippen LogP contribution in [0.25, 0.3) is 0 Å². The van der Waals surface area contributed by atoms with Crippen molar-refractivity contribution in [3.8, 4) is 0 Å². The Morgan fingerprint density at radius 2 is 1.00 bits per heavy atom. The van der Waals surface area contributed by atoms with Crippen molar-refractivity contribution in [2.75, 3.05) is 11.5 Å². The second-order valence-electron chi connectivity index (χ2n) is 3.02. The highest BCUT2D eigenvalue weighted by Crippen LogP contribution is 2.26. The SMILES string of the molecule is Nc1cc(S(N)(=O)=O)c(N)cc1S(N)(=O)=O. The summed E-state index contributed by atoms with van der Waals surface area (Å²) in [6, 6.07) is 1.70. The highest BCUT2D eigenvalue weighted by molar-refractivity contribution is 7.89. The molecule has 0 heterocycles. The van der Waals surface area contributed by atoms with Crippen molar-refractivity contribution in [2.45, 2.75) is 9.79 Å². The topological polar surface area (TPSA) is 172 Å². The number of primary sulfonamides is 2. The fourth-order valence-electron chi connectivity index (χ4n) is 1.08. The minimum absolute atomic E-state index is 0.333. The first-order valence-corrected chi connectivity index (χ1v) is 6.87. The van der Waals surface area contributed by atoms with Gasteiger partial charge >= 0.3 is 0 Å². The third-order valence-corrected chi connectivity index (χ3v) is 3.69. The van der Waals surface area contributed by atoms with Crippen LogP contribution >= 0.6 is 0 Å². The lowest BCUT2D eigenvalue weighted by atomic mass is 10.3. The molecule has 90 valence electrons. The van der Waals surface area contributed by atoms with E-state index >= 15 is 0 Å². The number of hydrogen-bond acceptors (Lipinski definition) is 6. The van der Waals surface area contributed by atoms with Crippen LogP contribution in [-0.4, -0.2) is 16.8 Å². The maximum Gasteiger partial charge on any atom is 0.240 e. The molecule has 0 aliphatic rings. The van der Waals surface area contributed by atoms with Crippen LogP contribution in [0.2, 0.25) is 0 Å². The average Bonchev–Trinajstić information content (AvgIpc) is 2.04. The van der Waals surface area contributed by atoms with E-state index in [4.69, 9.17) is 21.7 Å². The number of nitrogens with two attached hydrogens (primary N) is 4. The van der Waals surface area contributed by atoms with Crippen molar-refractivity contribution in [3.05, 3.63) is 12.1 Å². The molecule has 0 aliphatic heterocycles. The second kappa shape index (κ2) is 3.59. The van der Waals surface area contributed by atoms with Crippen LogP contribution in [0.1, 0.15) is 0 Å². The van der Waals surface area contributed by atoms with Gasteiger partial charge in [0.15, 0.2) is 0 Å². The standard InChI is InChI=1S/C6H10N4O4S2/c7-3-1-5(15(9,11)12)4(8)2-6(3)16(10,13)14/h1-2H,7-8H2,(H2,9,11,12)(H2,10,13,14). The van der Waals surface area contributed by atoms with Gasteiger partial charge in [-0.2, -0.15) is 0 Å². The van der Waals surface area contributed by atoms with Gasteiger partial charge in [-0.15, -0.1) is 0 Å². The van der Waals surface area contributed by atoms with Crippen molar-refractivity contribution < 1.29 is 16.8 Å². The number of anilines is 2. The molecular formula is C6H10N4O4S2. The van der Waals surface area contributed by atoms with Gasteiger partial charge in [0.2, 0.25) is 20.0 Å². The summed E-state index contributed by atoms with van der Waals surface area (Å²) >= 11 is 0. The Hall–Kier alpha value is -1.36. The third-order valence-electron chi connectivity index (χ3n) is 1.76. The van der Waals surface area contributed by atoms with E-state index in [1.807, 2.05) is 0 Å². The summed E-state index contributed by atoms with van der Waals surface area (Å²) in [4.78, 5) is -0.894. The van der Waals surface area contributed by atoms with Crippen molar-refractivity contribution in [2.24, 2.45) is 10.3 Å². The molecule has 0 saturated carbocycles. The van der Waals surface area contributed by atoms with Gasteiger partial charge < -0.3 is 11.5 Å². The number of hydrogen-bond donors (Lipinski definition) is 4. The Morgan fingerprint density at radius 1 is 0.750 bits per heavy atom. The van der Waals surface area contributed by atoms with E-state index in [0.29, 0.717) is 0 Å². The van der Waals surface area contributed by atoms with Crippen molar-refractivity contribution in [1.82, 2.24) is 0 Å². The van der Waals surface area contributed by atoms with Gasteiger partial charge in [0.25, 0.3) is 0 Å². The highest BCUT2D eigenvalue weighted by Gasteiger charge is 2.19. The van der Waals surface area contributed by atoms with Gasteiger partial charge in [0.1, 0.15) is 9.79 Å². The van der Waals surface area contributed by atoms with Crippen LogP contribution in [0.4, 0.5) is 11.4 Å². The molecule has 0 atom stereocenters. The Morgan fingerprint density at radius 3 is 1.19 bits per heavy atom. The van der Waals surface area contributed by atoms with E-state index in [-0.39, 0.29) is 11.4 Å². The molecule has 1 aromatic carbocycles. The van der Waals surface area contributed by atoms with Crippen LogP contribution in [0.15, 0.2) is 21.9 Å². The van der Waals surface area contributed by atoms with Gasteiger partial charge in [-0.3, -0.25) is 0 Å². The minimum atomic E-state index is -4.06. The van der Waals surface area contributed by atoms with Gasteiger partial charge in [-0.05, 0) is 12.1 Å². The maximum absolute atomic E-state index is 11.0. The molecule has 0 radical (unpaired) electrons. The summed E-state index contributed by atoms with van der Waals surface area (Å²) in [6.07, 6.45) is 0. The predicted molar refractivity (Wildman–Crippen MR) is 58.0 cm³/mol. The number of benzene rings is 1. The zero-order valence-corrected chi connectivity index (χ0v) is 9.55. The van der Waals surface area contributed by atoms with Crippen LogP contribution in [0.3, 0.4) is 0 Å². The van der Waals surface area contributed by atoms with Gasteiger partial charge in [-0.1, -0.05) is 0 Å². The molecule has 0 fully saturated rings. The molecule has 0 saturated heterocycles. The summed E-state index contributed by atoms with van der Waals surface area (Å²) in [5.41, 5.74) is 10.0. The molecule has 0 bridgehead atoms. The lowest BCUT2D eigenvalue weighted by molar-refractivity contribution is 0.594. The van der Waals surface area contributed by atoms with E-state index in [1.54, 1.807) is 0 Å². The lowest BCUT2D eigenvalue weighted by Gasteiger charge is -2.08. The molecule has 10 heteroatoms. The minimum Gasteiger partial charge on any atom is -0.398 e. The zero-order chi connectivity index (χ0) is 12.7. The van der Waals surface area contributed by atoms with E-state index in [2.05, 4.69) is 0 Å². The van der Waals surface area contributed by atoms with E-state index < -0.39 is 29.8 Å². The quantitative estimate of drug-likeness (QED) is 0.457. The molecule has 8 nitrogen and oxygen atoms in total. The monoisotopic (exact) mass is 266 g/mol. The normalized spacial score (nSPS) is 12.6. The first kappa shape index (κ1) is 12.7. The number of nitrogen functional groups attached to an aromatic ring is 2. The molecule has 0 spiro atoms. The highest BCUT2D eigenvalue weighted by atomic mass is 32.2. The van der Waals surface area contributed by atoms with Crippen LogP contribution in [-0.2, 0) is 20.0 Å². The molecule has 0 aliphatic carbocycles. The predicted octanol–water partition coefficient (Wildman–Crippen LogP) is -1.85. The Bertz CT molecular complexity index is 577. The summed E-state index contributed by atoms with van der Waals surface area (Å²) < 4.78 is 44.1. The van der Waals surface area contributed by atoms with Crippen molar-refractivity contribution in [3.63, 3.8) is 0 Å². The van der Waals surface area contributed by atoms with Crippen LogP contribution in [0.5, 0.6) is 0 Å². The van der Waals surface area contributed by atoms with Crippen molar-refractivity contribution in [1.29, 1.82) is 0 Å². The Kier molecular flexibility index (Phi) is 2.85. The molecule has 0 amide bonds. The smallest absolute Gasteiger partial charge is 0.240 e. The lowest BCUT2D eigenvalue weighted by Crippen LogP contribution is -2.18. The van der Waals surface area contributed by atoms with Gasteiger partial charge in [0, 0.05) is 0 Å². The van der Waals surface area contributed by atoms with Gasteiger partial charge in [-0.25, -0.2) is 27.1 Å². The molecule has 8 N–H and O–H groups in total. The fourth-order valence-corrected chi connectivity index (χ4v) is 2.44. The van der Waals surface area contributed by atoms with Crippen LogP contribution < -0.4 is 21.7 Å². The summed E-state index contributed by atoms with van der Waals surface area (Å²) in [5.74, 6) is 0.